The minimum Gasteiger partial charge on any atom is -0.487 e. The van der Waals surface area contributed by atoms with E-state index in [9.17, 15) is 10.0 Å². The molecule has 1 saturated heterocycles. The van der Waals surface area contributed by atoms with E-state index in [1.807, 2.05) is 23.4 Å². The first kappa shape index (κ1) is 17.8. The zero-order valence-corrected chi connectivity index (χ0v) is 15.7. The topological polar surface area (TPSA) is 70.3 Å². The lowest BCUT2D eigenvalue weighted by Gasteiger charge is -2.37. The van der Waals surface area contributed by atoms with Crippen molar-refractivity contribution in [1.82, 2.24) is 9.47 Å². The molecule has 0 unspecified atom stereocenters. The number of hydrogen-bond donors (Lipinski definition) is 1. The minimum absolute atomic E-state index is 0.0309. The summed E-state index contributed by atoms with van der Waals surface area (Å²) < 4.78 is 23.1. The fourth-order valence-electron chi connectivity index (χ4n) is 3.91. The molecule has 0 radical (unpaired) electrons. The molecule has 27 heavy (non-hydrogen) atoms. The molecular weight excluding hydrogens is 351 g/mol. The number of halogens is 1. The Balaban J connectivity index is 2.04. The first-order valence-electron chi connectivity index (χ1n) is 9.09. The number of benzene rings is 1. The number of rotatable bonds is 2. The summed E-state index contributed by atoms with van der Waals surface area (Å²) >= 11 is 0. The van der Waals surface area contributed by atoms with Gasteiger partial charge in [0.15, 0.2) is 17.3 Å². The summed E-state index contributed by atoms with van der Waals surface area (Å²) in [4.78, 5) is 16.3. The molecule has 0 saturated carbocycles. The largest absolute Gasteiger partial charge is 0.487 e. The molecule has 2 aliphatic rings. The van der Waals surface area contributed by atoms with E-state index in [1.54, 1.807) is 6.20 Å². The molecule has 0 aliphatic carbocycles. The lowest BCUT2D eigenvalue weighted by molar-refractivity contribution is 0.101. The number of Topliss-reactive ketones (excluding diaryl/α,β-unsaturated/α-hetero) is 1. The molecule has 2 aliphatic heterocycles. The van der Waals surface area contributed by atoms with Crippen LogP contribution in [0, 0.1) is 5.82 Å². The number of ether oxygens (including phenoxy) is 1. The summed E-state index contributed by atoms with van der Waals surface area (Å²) in [7, 11) is 2.04. The first-order chi connectivity index (χ1) is 12.9. The van der Waals surface area contributed by atoms with Crippen molar-refractivity contribution in [2.45, 2.75) is 19.9 Å². The third-order valence-corrected chi connectivity index (χ3v) is 5.46. The number of nitrogens with zero attached hydrogens (tertiary/aromatic N) is 4. The van der Waals surface area contributed by atoms with Crippen molar-refractivity contribution in [3.8, 4) is 5.75 Å². The zero-order valence-electron chi connectivity index (χ0n) is 15.7. The van der Waals surface area contributed by atoms with Gasteiger partial charge in [0.2, 0.25) is 0 Å². The molecule has 1 aromatic heterocycles. The van der Waals surface area contributed by atoms with Crippen molar-refractivity contribution in [3.63, 3.8) is 0 Å². The lowest BCUT2D eigenvalue weighted by Crippen LogP contribution is -2.45. The standard InChI is InChI=1S/C19H23FN4O3/c1-11-10-27-19-17-13(16(21-26)14(12(2)25)9-24(11)17)8-15(20)18(19)23-6-4-22(3)5-7-23/h8-9,11,26H,4-7,10H2,1-3H3/b21-16+/t11-/m0/s1. The molecular formula is C19H23FN4O3. The molecule has 2 aromatic rings. The molecule has 0 spiro atoms. The molecule has 0 amide bonds. The van der Waals surface area contributed by atoms with E-state index >= 15 is 4.39 Å². The second-order valence-electron chi connectivity index (χ2n) is 7.34. The fraction of sp³-hybridized carbons (Fsp3) is 0.474. The Morgan fingerprint density at radius 3 is 2.67 bits per heavy atom. The Labute approximate surface area is 156 Å². The summed E-state index contributed by atoms with van der Waals surface area (Å²) in [5.74, 6) is -0.223. The van der Waals surface area contributed by atoms with Gasteiger partial charge in [-0.15, -0.1) is 0 Å². The van der Waals surface area contributed by atoms with Crippen LogP contribution in [-0.2, 0) is 0 Å². The highest BCUT2D eigenvalue weighted by atomic mass is 19.1. The van der Waals surface area contributed by atoms with E-state index in [4.69, 9.17) is 4.74 Å². The smallest absolute Gasteiger partial charge is 0.170 e. The van der Waals surface area contributed by atoms with Crippen molar-refractivity contribution in [2.24, 2.45) is 5.16 Å². The SMILES string of the molecule is CC(=O)c1cn2c3c(c(N4CCN(C)CC4)c(F)cc3/c1=N\O)OC[C@@H]2C. The Morgan fingerprint density at radius 2 is 2.04 bits per heavy atom. The number of ketones is 1. The highest BCUT2D eigenvalue weighted by Crippen LogP contribution is 2.42. The second kappa shape index (κ2) is 6.53. The molecule has 1 N–H and O–H groups in total. The van der Waals surface area contributed by atoms with Crippen LogP contribution < -0.4 is 15.0 Å². The van der Waals surface area contributed by atoms with Crippen LogP contribution in [0.4, 0.5) is 10.1 Å². The lowest BCUT2D eigenvalue weighted by atomic mass is 10.0. The van der Waals surface area contributed by atoms with Crippen molar-refractivity contribution in [3.05, 3.63) is 29.0 Å². The Kier molecular flexibility index (Phi) is 4.30. The van der Waals surface area contributed by atoms with Gasteiger partial charge in [0, 0.05) is 37.8 Å². The van der Waals surface area contributed by atoms with Crippen LogP contribution in [0.25, 0.3) is 10.9 Å². The summed E-state index contributed by atoms with van der Waals surface area (Å²) in [6.07, 6.45) is 1.68. The highest BCUT2D eigenvalue weighted by Gasteiger charge is 2.30. The van der Waals surface area contributed by atoms with Crippen molar-refractivity contribution in [1.29, 1.82) is 0 Å². The molecule has 1 aromatic carbocycles. The van der Waals surface area contributed by atoms with Crippen LogP contribution in [0.5, 0.6) is 5.75 Å². The van der Waals surface area contributed by atoms with Crippen LogP contribution in [0.1, 0.15) is 30.2 Å². The molecule has 8 heteroatoms. The third kappa shape index (κ3) is 2.75. The second-order valence-corrected chi connectivity index (χ2v) is 7.34. The Hall–Kier alpha value is -2.61. The molecule has 4 rings (SSSR count). The predicted octanol–water partition coefficient (Wildman–Crippen LogP) is 1.98. The third-order valence-electron chi connectivity index (χ3n) is 5.46. The van der Waals surface area contributed by atoms with Crippen molar-refractivity contribution in [2.75, 3.05) is 44.7 Å². The average molecular weight is 374 g/mol. The summed E-state index contributed by atoms with van der Waals surface area (Å²) in [5.41, 5.74) is 1.36. The van der Waals surface area contributed by atoms with E-state index in [1.165, 1.54) is 13.0 Å². The van der Waals surface area contributed by atoms with E-state index in [2.05, 4.69) is 10.1 Å². The summed E-state index contributed by atoms with van der Waals surface area (Å²) in [5, 5.41) is 13.3. The summed E-state index contributed by atoms with van der Waals surface area (Å²) in [6, 6.07) is 1.32. The maximum atomic E-state index is 15.2. The van der Waals surface area contributed by atoms with E-state index in [0.717, 1.165) is 13.1 Å². The monoisotopic (exact) mass is 374 g/mol. The molecule has 1 atom stereocenters. The number of carbonyl (C=O) groups excluding carboxylic acids is 1. The first-order valence-corrected chi connectivity index (χ1v) is 9.09. The molecule has 1 fully saturated rings. The molecule has 144 valence electrons. The predicted molar refractivity (Wildman–Crippen MR) is 99.2 cm³/mol. The number of pyridine rings is 1. The molecule has 0 bridgehead atoms. The van der Waals surface area contributed by atoms with Gasteiger partial charge in [0.05, 0.1) is 17.1 Å². The number of carbonyl (C=O) groups is 1. The van der Waals surface area contributed by atoms with Gasteiger partial charge in [-0.05, 0) is 27.0 Å². The summed E-state index contributed by atoms with van der Waals surface area (Å²) in [6.45, 7) is 6.84. The maximum Gasteiger partial charge on any atom is 0.170 e. The zero-order chi connectivity index (χ0) is 19.3. The Morgan fingerprint density at radius 1 is 1.33 bits per heavy atom. The van der Waals surface area contributed by atoms with Gasteiger partial charge >= 0.3 is 0 Å². The number of anilines is 1. The van der Waals surface area contributed by atoms with Gasteiger partial charge in [-0.25, -0.2) is 4.39 Å². The van der Waals surface area contributed by atoms with E-state index < -0.39 is 5.82 Å². The van der Waals surface area contributed by atoms with Crippen LogP contribution in [0.2, 0.25) is 0 Å². The van der Waals surface area contributed by atoms with Crippen LogP contribution in [0.15, 0.2) is 17.4 Å². The molecule has 3 heterocycles. The number of likely N-dealkylation sites (N-methyl/N-ethyl adjacent to an activating group) is 1. The van der Waals surface area contributed by atoms with Crippen molar-refractivity contribution >= 4 is 22.4 Å². The number of piperazine rings is 1. The van der Waals surface area contributed by atoms with Gasteiger partial charge in [0.1, 0.15) is 17.7 Å². The van der Waals surface area contributed by atoms with Gasteiger partial charge in [-0.2, -0.15) is 0 Å². The Bertz CT molecular complexity index is 993. The van der Waals surface area contributed by atoms with Gasteiger partial charge in [0.25, 0.3) is 0 Å². The number of aromatic nitrogens is 1. The molecule has 7 nitrogen and oxygen atoms in total. The minimum atomic E-state index is -0.436. The van der Waals surface area contributed by atoms with Crippen LogP contribution >= 0.6 is 0 Å². The van der Waals surface area contributed by atoms with Gasteiger partial charge < -0.3 is 24.3 Å². The van der Waals surface area contributed by atoms with Crippen molar-refractivity contribution < 1.29 is 19.1 Å². The maximum absolute atomic E-state index is 15.2. The van der Waals surface area contributed by atoms with E-state index in [0.29, 0.717) is 42.0 Å². The van der Waals surface area contributed by atoms with Gasteiger partial charge in [-0.1, -0.05) is 5.16 Å². The highest BCUT2D eigenvalue weighted by molar-refractivity contribution is 5.99. The quantitative estimate of drug-likeness (QED) is 0.495. The normalized spacial score (nSPS) is 20.8. The fourth-order valence-corrected chi connectivity index (χ4v) is 3.91. The van der Waals surface area contributed by atoms with Crippen LogP contribution in [0.3, 0.4) is 0 Å². The number of hydrogen-bond acceptors (Lipinski definition) is 6. The van der Waals surface area contributed by atoms with Crippen LogP contribution in [-0.4, -0.2) is 60.3 Å². The van der Waals surface area contributed by atoms with E-state index in [-0.39, 0.29) is 22.7 Å². The average Bonchev–Trinajstić information content (AvgIpc) is 2.64. The van der Waals surface area contributed by atoms with Gasteiger partial charge in [-0.3, -0.25) is 4.79 Å².